The van der Waals surface area contributed by atoms with Crippen LogP contribution in [0, 0.1) is 11.3 Å². The molecule has 1 aromatic carbocycles. The van der Waals surface area contributed by atoms with Crippen LogP contribution in [0.25, 0.3) is 0 Å². The summed E-state index contributed by atoms with van der Waals surface area (Å²) in [6, 6.07) is 3.88. The van der Waals surface area contributed by atoms with Crippen molar-refractivity contribution in [1.29, 1.82) is 5.26 Å². The molecule has 1 aromatic rings. The van der Waals surface area contributed by atoms with Crippen molar-refractivity contribution >= 4 is 18.6 Å². The number of rotatable bonds is 3. The lowest BCUT2D eigenvalue weighted by Gasteiger charge is -2.09. The molecule has 0 saturated carbocycles. The molecule has 0 fully saturated rings. The molecule has 0 aliphatic rings. The van der Waals surface area contributed by atoms with Gasteiger partial charge in [0.05, 0.1) is 12.0 Å². The fourth-order valence-electron chi connectivity index (χ4n) is 1.26. The summed E-state index contributed by atoms with van der Waals surface area (Å²) < 4.78 is 25.2. The van der Waals surface area contributed by atoms with Gasteiger partial charge in [-0.1, -0.05) is 0 Å². The number of carboxylic acids is 1. The molecule has 84 valence electrons. The van der Waals surface area contributed by atoms with E-state index in [2.05, 4.69) is 12.6 Å². The van der Waals surface area contributed by atoms with Gasteiger partial charge in [0.15, 0.2) is 0 Å². The Labute approximate surface area is 95.7 Å². The molecule has 1 rings (SSSR count). The van der Waals surface area contributed by atoms with E-state index in [-0.39, 0.29) is 16.0 Å². The van der Waals surface area contributed by atoms with E-state index in [1.807, 2.05) is 0 Å². The van der Waals surface area contributed by atoms with Crippen LogP contribution >= 0.6 is 12.6 Å². The van der Waals surface area contributed by atoms with Crippen molar-refractivity contribution in [2.45, 2.75) is 17.7 Å². The quantitative estimate of drug-likeness (QED) is 0.801. The molecule has 6 heteroatoms. The SMILES string of the molecule is N#Cc1cc(C(F)F)c(CC(=O)O)cc1S. The Morgan fingerprint density at radius 2 is 2.19 bits per heavy atom. The highest BCUT2D eigenvalue weighted by Gasteiger charge is 2.17. The number of hydrogen-bond acceptors (Lipinski definition) is 3. The van der Waals surface area contributed by atoms with Crippen molar-refractivity contribution in [2.24, 2.45) is 0 Å². The molecule has 1 N–H and O–H groups in total. The second kappa shape index (κ2) is 4.94. The maximum Gasteiger partial charge on any atom is 0.307 e. The molecule has 0 aromatic heterocycles. The van der Waals surface area contributed by atoms with E-state index in [1.54, 1.807) is 6.07 Å². The smallest absolute Gasteiger partial charge is 0.307 e. The zero-order valence-electron chi connectivity index (χ0n) is 7.94. The maximum atomic E-state index is 12.6. The number of carboxylic acid groups (broad SMARTS) is 1. The molecule has 0 spiro atoms. The fourth-order valence-corrected chi connectivity index (χ4v) is 1.53. The van der Waals surface area contributed by atoms with Crippen LogP contribution in [0.4, 0.5) is 8.78 Å². The minimum absolute atomic E-state index is 0.00720. The second-order valence-electron chi connectivity index (χ2n) is 3.05. The van der Waals surface area contributed by atoms with Gasteiger partial charge in [-0.15, -0.1) is 12.6 Å². The van der Waals surface area contributed by atoms with Crippen LogP contribution in [0.3, 0.4) is 0 Å². The molecule has 0 radical (unpaired) electrons. The van der Waals surface area contributed by atoms with Gasteiger partial charge in [0.25, 0.3) is 6.43 Å². The van der Waals surface area contributed by atoms with Gasteiger partial charge < -0.3 is 5.11 Å². The topological polar surface area (TPSA) is 61.1 Å². The number of nitrogens with zero attached hydrogens (tertiary/aromatic N) is 1. The van der Waals surface area contributed by atoms with Gasteiger partial charge in [-0.2, -0.15) is 5.26 Å². The molecule has 0 amide bonds. The average molecular weight is 243 g/mol. The zero-order valence-corrected chi connectivity index (χ0v) is 8.84. The van der Waals surface area contributed by atoms with Crippen molar-refractivity contribution in [3.63, 3.8) is 0 Å². The summed E-state index contributed by atoms with van der Waals surface area (Å²) in [6.45, 7) is 0. The van der Waals surface area contributed by atoms with Crippen LogP contribution in [0.2, 0.25) is 0 Å². The lowest BCUT2D eigenvalue weighted by atomic mass is 10.0. The van der Waals surface area contributed by atoms with Crippen molar-refractivity contribution in [3.05, 3.63) is 28.8 Å². The van der Waals surface area contributed by atoms with Crippen molar-refractivity contribution in [2.75, 3.05) is 0 Å². The van der Waals surface area contributed by atoms with Crippen LogP contribution in [0.15, 0.2) is 17.0 Å². The third kappa shape index (κ3) is 2.70. The molecule has 0 saturated heterocycles. The first-order valence-corrected chi connectivity index (χ1v) is 4.66. The van der Waals surface area contributed by atoms with Gasteiger partial charge in [-0.3, -0.25) is 4.79 Å². The van der Waals surface area contributed by atoms with E-state index in [0.717, 1.165) is 6.07 Å². The first kappa shape index (κ1) is 12.5. The van der Waals surface area contributed by atoms with Gasteiger partial charge in [0, 0.05) is 10.5 Å². The molecule has 3 nitrogen and oxygen atoms in total. The minimum atomic E-state index is -2.81. The summed E-state index contributed by atoms with van der Waals surface area (Å²) >= 11 is 3.93. The highest BCUT2D eigenvalue weighted by molar-refractivity contribution is 7.80. The molecule has 0 atom stereocenters. The Bertz CT molecular complexity index is 469. The highest BCUT2D eigenvalue weighted by atomic mass is 32.1. The van der Waals surface area contributed by atoms with Crippen molar-refractivity contribution in [1.82, 2.24) is 0 Å². The maximum absolute atomic E-state index is 12.6. The number of nitriles is 1. The Morgan fingerprint density at radius 3 is 2.62 bits per heavy atom. The van der Waals surface area contributed by atoms with Crippen LogP contribution in [-0.2, 0) is 11.2 Å². The van der Waals surface area contributed by atoms with Crippen molar-refractivity contribution < 1.29 is 18.7 Å². The van der Waals surface area contributed by atoms with Gasteiger partial charge in [-0.05, 0) is 17.7 Å². The second-order valence-corrected chi connectivity index (χ2v) is 3.53. The Hall–Kier alpha value is -1.61. The van der Waals surface area contributed by atoms with Crippen LogP contribution in [0.1, 0.15) is 23.1 Å². The molecule has 0 aliphatic heterocycles. The highest BCUT2D eigenvalue weighted by Crippen LogP contribution is 2.28. The summed E-state index contributed by atoms with van der Waals surface area (Å²) in [7, 11) is 0. The van der Waals surface area contributed by atoms with E-state index in [4.69, 9.17) is 10.4 Å². The van der Waals surface area contributed by atoms with Crippen LogP contribution in [-0.4, -0.2) is 11.1 Å². The average Bonchev–Trinajstić information content (AvgIpc) is 2.16. The van der Waals surface area contributed by atoms with Gasteiger partial charge in [-0.25, -0.2) is 8.78 Å². The Morgan fingerprint density at radius 1 is 1.56 bits per heavy atom. The normalized spacial score (nSPS) is 10.2. The monoisotopic (exact) mass is 243 g/mol. The molecule has 0 heterocycles. The summed E-state index contributed by atoms with van der Waals surface area (Å²) in [6.07, 6.45) is -3.32. The zero-order chi connectivity index (χ0) is 12.3. The van der Waals surface area contributed by atoms with E-state index in [0.29, 0.717) is 0 Å². The number of thiol groups is 1. The third-order valence-electron chi connectivity index (χ3n) is 1.95. The first-order valence-electron chi connectivity index (χ1n) is 4.21. The standard InChI is InChI=1S/C10H7F2NO2S/c11-10(12)7-1-6(4-13)8(16)2-5(7)3-9(14)15/h1-2,10,16H,3H2,(H,14,15). The number of carbonyl (C=O) groups is 1. The fraction of sp³-hybridized carbons (Fsp3) is 0.200. The Kier molecular flexibility index (Phi) is 3.85. The lowest BCUT2D eigenvalue weighted by Crippen LogP contribution is -2.05. The van der Waals surface area contributed by atoms with E-state index < -0.39 is 24.4 Å². The van der Waals surface area contributed by atoms with E-state index in [1.165, 1.54) is 6.07 Å². The number of halogens is 2. The van der Waals surface area contributed by atoms with Gasteiger partial charge in [0.1, 0.15) is 6.07 Å². The van der Waals surface area contributed by atoms with E-state index >= 15 is 0 Å². The molecular weight excluding hydrogens is 236 g/mol. The summed E-state index contributed by atoms with van der Waals surface area (Å²) in [4.78, 5) is 10.7. The number of alkyl halides is 2. The number of benzene rings is 1. The minimum Gasteiger partial charge on any atom is -0.481 e. The summed E-state index contributed by atoms with van der Waals surface area (Å²) in [5.74, 6) is -1.21. The predicted octanol–water partition coefficient (Wildman–Crippen LogP) is 2.41. The number of aliphatic carboxylic acids is 1. The molecular formula is C10H7F2NO2S. The molecule has 0 aliphatic carbocycles. The van der Waals surface area contributed by atoms with Crippen LogP contribution in [0.5, 0.6) is 0 Å². The third-order valence-corrected chi connectivity index (χ3v) is 2.32. The molecule has 16 heavy (non-hydrogen) atoms. The van der Waals surface area contributed by atoms with Gasteiger partial charge >= 0.3 is 5.97 Å². The first-order chi connectivity index (χ1) is 7.45. The number of hydrogen-bond donors (Lipinski definition) is 2. The Balaban J connectivity index is 3.31. The lowest BCUT2D eigenvalue weighted by molar-refractivity contribution is -0.136. The molecule has 0 bridgehead atoms. The summed E-state index contributed by atoms with van der Waals surface area (Å²) in [5, 5.41) is 17.2. The summed E-state index contributed by atoms with van der Waals surface area (Å²) in [5.41, 5.74) is -0.448. The predicted molar refractivity (Wildman–Crippen MR) is 54.7 cm³/mol. The van der Waals surface area contributed by atoms with E-state index in [9.17, 15) is 13.6 Å². The molecule has 0 unspecified atom stereocenters. The van der Waals surface area contributed by atoms with Crippen molar-refractivity contribution in [3.8, 4) is 6.07 Å². The van der Waals surface area contributed by atoms with Gasteiger partial charge in [0.2, 0.25) is 0 Å². The van der Waals surface area contributed by atoms with Crippen LogP contribution < -0.4 is 0 Å². The largest absolute Gasteiger partial charge is 0.481 e.